The van der Waals surface area contributed by atoms with Gasteiger partial charge in [0.25, 0.3) is 0 Å². The smallest absolute Gasteiger partial charge is 0.318 e. The Morgan fingerprint density at radius 3 is 2.90 bits per heavy atom. The second-order valence-corrected chi connectivity index (χ2v) is 1.62. The van der Waals surface area contributed by atoms with E-state index < -0.39 is 5.97 Å². The normalized spacial score (nSPS) is 9.60. The molecule has 0 saturated carbocycles. The van der Waals surface area contributed by atoms with Gasteiger partial charge in [-0.1, -0.05) is 5.16 Å². The largest absolute Gasteiger partial charge is 0.481 e. The number of aliphatic carboxylic acids is 1. The highest BCUT2D eigenvalue weighted by atomic mass is 16.5. The maximum Gasteiger partial charge on any atom is 0.318 e. The van der Waals surface area contributed by atoms with Crippen LogP contribution in [0.1, 0.15) is 5.82 Å². The quantitative estimate of drug-likeness (QED) is 0.566. The number of anilines is 1. The molecule has 6 nitrogen and oxygen atoms in total. The van der Waals surface area contributed by atoms with Crippen LogP contribution >= 0.6 is 0 Å². The third kappa shape index (κ3) is 1.44. The summed E-state index contributed by atoms with van der Waals surface area (Å²) in [6.07, 6.45) is -0.263. The Kier molecular flexibility index (Phi) is 1.53. The first-order chi connectivity index (χ1) is 4.68. The molecule has 54 valence electrons. The Morgan fingerprint density at radius 2 is 2.50 bits per heavy atom. The van der Waals surface area contributed by atoms with Crippen molar-refractivity contribution in [1.29, 1.82) is 0 Å². The van der Waals surface area contributed by atoms with Crippen LogP contribution in [0.2, 0.25) is 0 Å². The van der Waals surface area contributed by atoms with Crippen LogP contribution < -0.4 is 5.73 Å². The van der Waals surface area contributed by atoms with E-state index in [1.165, 1.54) is 0 Å². The second kappa shape index (κ2) is 2.34. The summed E-state index contributed by atoms with van der Waals surface area (Å²) in [6.45, 7) is 0. The molecule has 0 fully saturated rings. The van der Waals surface area contributed by atoms with Gasteiger partial charge in [0.05, 0.1) is 0 Å². The molecule has 1 aromatic heterocycles. The number of nitrogens with zero attached hydrogens (tertiary/aromatic N) is 2. The molecular weight excluding hydrogens is 138 g/mol. The number of carbonyl (C=O) groups is 1. The number of nitrogens with two attached hydrogens (primary N) is 1. The molecule has 0 saturated heterocycles. The van der Waals surface area contributed by atoms with Gasteiger partial charge in [-0.05, 0) is 0 Å². The van der Waals surface area contributed by atoms with Gasteiger partial charge in [0.2, 0.25) is 0 Å². The van der Waals surface area contributed by atoms with Crippen molar-refractivity contribution in [2.24, 2.45) is 0 Å². The molecule has 1 heterocycles. The van der Waals surface area contributed by atoms with Crippen LogP contribution in [-0.2, 0) is 11.2 Å². The van der Waals surface area contributed by atoms with Gasteiger partial charge in [-0.25, -0.2) is 0 Å². The lowest BCUT2D eigenvalue weighted by Crippen LogP contribution is -2.01. The number of carboxylic acids is 1. The summed E-state index contributed by atoms with van der Waals surface area (Å²) in [6, 6.07) is -0.115. The average Bonchev–Trinajstić information content (AvgIpc) is 2.13. The van der Waals surface area contributed by atoms with Crippen molar-refractivity contribution in [2.45, 2.75) is 6.42 Å². The fourth-order valence-corrected chi connectivity index (χ4v) is 0.475. The van der Waals surface area contributed by atoms with Crippen LogP contribution in [0, 0.1) is 0 Å². The molecule has 0 unspecified atom stereocenters. The van der Waals surface area contributed by atoms with Crippen LogP contribution in [0.25, 0.3) is 0 Å². The topological polar surface area (TPSA) is 102 Å². The standard InChI is InChI=1S/C4H5N3O3/c5-4-6-2(7-10-4)1-3(8)9/h1H2,(H,8,9)(H2,5,6,7). The van der Waals surface area contributed by atoms with E-state index in [-0.39, 0.29) is 18.3 Å². The van der Waals surface area contributed by atoms with E-state index in [0.29, 0.717) is 0 Å². The Labute approximate surface area is 55.6 Å². The van der Waals surface area contributed by atoms with Crippen molar-refractivity contribution < 1.29 is 14.4 Å². The first-order valence-electron chi connectivity index (χ1n) is 2.48. The number of nitrogen functional groups attached to an aromatic ring is 1. The molecule has 0 aromatic carbocycles. The number of hydrogen-bond donors (Lipinski definition) is 2. The first-order valence-corrected chi connectivity index (χ1v) is 2.48. The van der Waals surface area contributed by atoms with Gasteiger partial charge in [0.15, 0.2) is 5.82 Å². The zero-order valence-corrected chi connectivity index (χ0v) is 4.94. The molecule has 0 aliphatic carbocycles. The fourth-order valence-electron chi connectivity index (χ4n) is 0.475. The van der Waals surface area contributed by atoms with E-state index in [4.69, 9.17) is 10.8 Å². The molecule has 0 radical (unpaired) electrons. The van der Waals surface area contributed by atoms with Crippen LogP contribution in [0.5, 0.6) is 0 Å². The number of carboxylic acid groups (broad SMARTS) is 1. The summed E-state index contributed by atoms with van der Waals surface area (Å²) in [5.74, 6) is -0.925. The SMILES string of the molecule is Nc1nc(CC(=O)O)no1. The van der Waals surface area contributed by atoms with Gasteiger partial charge in [-0.2, -0.15) is 4.98 Å². The van der Waals surface area contributed by atoms with E-state index in [2.05, 4.69) is 14.7 Å². The number of hydrogen-bond acceptors (Lipinski definition) is 5. The van der Waals surface area contributed by atoms with E-state index in [1.807, 2.05) is 0 Å². The van der Waals surface area contributed by atoms with Gasteiger partial charge in [0, 0.05) is 0 Å². The molecule has 3 N–H and O–H groups in total. The molecule has 0 atom stereocenters. The molecule has 1 rings (SSSR count). The Hall–Kier alpha value is -1.59. The summed E-state index contributed by atoms with van der Waals surface area (Å²) in [7, 11) is 0. The average molecular weight is 143 g/mol. The van der Waals surface area contributed by atoms with E-state index >= 15 is 0 Å². The molecule has 0 spiro atoms. The number of rotatable bonds is 2. The van der Waals surface area contributed by atoms with Gasteiger partial charge < -0.3 is 15.4 Å². The third-order valence-corrected chi connectivity index (χ3v) is 0.793. The molecule has 6 heteroatoms. The van der Waals surface area contributed by atoms with Crippen molar-refractivity contribution in [3.05, 3.63) is 5.82 Å². The summed E-state index contributed by atoms with van der Waals surface area (Å²) in [4.78, 5) is 13.5. The van der Waals surface area contributed by atoms with Crippen LogP contribution in [0.3, 0.4) is 0 Å². The van der Waals surface area contributed by atoms with E-state index in [1.54, 1.807) is 0 Å². The highest BCUT2D eigenvalue weighted by molar-refractivity contribution is 5.68. The first kappa shape index (κ1) is 6.53. The lowest BCUT2D eigenvalue weighted by Gasteiger charge is -1.81. The zero-order chi connectivity index (χ0) is 7.56. The summed E-state index contributed by atoms with van der Waals surface area (Å²) >= 11 is 0. The highest BCUT2D eigenvalue weighted by Gasteiger charge is 2.06. The van der Waals surface area contributed by atoms with Gasteiger partial charge in [-0.15, -0.1) is 0 Å². The van der Waals surface area contributed by atoms with Gasteiger partial charge >= 0.3 is 12.0 Å². The third-order valence-electron chi connectivity index (χ3n) is 0.793. The second-order valence-electron chi connectivity index (χ2n) is 1.62. The van der Waals surface area contributed by atoms with E-state index in [0.717, 1.165) is 0 Å². The van der Waals surface area contributed by atoms with Crippen LogP contribution in [0.4, 0.5) is 6.01 Å². The monoisotopic (exact) mass is 143 g/mol. The van der Waals surface area contributed by atoms with Crippen LogP contribution in [0.15, 0.2) is 4.52 Å². The molecule has 0 amide bonds. The minimum atomic E-state index is -1.01. The fraction of sp³-hybridized carbons (Fsp3) is 0.250. The minimum absolute atomic E-state index is 0.0880. The molecule has 10 heavy (non-hydrogen) atoms. The van der Waals surface area contributed by atoms with Crippen molar-refractivity contribution in [3.8, 4) is 0 Å². The van der Waals surface area contributed by atoms with E-state index in [9.17, 15) is 4.79 Å². The minimum Gasteiger partial charge on any atom is -0.481 e. The van der Waals surface area contributed by atoms with Crippen LogP contribution in [-0.4, -0.2) is 21.2 Å². The molecule has 0 aliphatic rings. The Bertz CT molecular complexity index is 244. The van der Waals surface area contributed by atoms with Crippen molar-refractivity contribution >= 4 is 12.0 Å². The molecule has 0 aliphatic heterocycles. The Morgan fingerprint density at radius 1 is 1.80 bits per heavy atom. The lowest BCUT2D eigenvalue weighted by atomic mass is 10.4. The van der Waals surface area contributed by atoms with Gasteiger partial charge in [0.1, 0.15) is 6.42 Å². The van der Waals surface area contributed by atoms with Crippen molar-refractivity contribution in [1.82, 2.24) is 10.1 Å². The zero-order valence-electron chi connectivity index (χ0n) is 4.94. The molecule has 1 aromatic rings. The maximum absolute atomic E-state index is 10.0. The van der Waals surface area contributed by atoms with Crippen molar-refractivity contribution in [3.63, 3.8) is 0 Å². The van der Waals surface area contributed by atoms with Gasteiger partial charge in [-0.3, -0.25) is 4.79 Å². The van der Waals surface area contributed by atoms with Crippen molar-refractivity contribution in [2.75, 3.05) is 5.73 Å². The predicted molar refractivity (Wildman–Crippen MR) is 30.1 cm³/mol. The summed E-state index contributed by atoms with van der Waals surface area (Å²) < 4.78 is 4.32. The highest BCUT2D eigenvalue weighted by Crippen LogP contribution is 1.97. The summed E-state index contributed by atoms with van der Waals surface area (Å²) in [5.41, 5.74) is 5.02. The maximum atomic E-state index is 10.0. The predicted octanol–water partition coefficient (Wildman–Crippen LogP) is -0.721. The molecule has 0 bridgehead atoms. The lowest BCUT2D eigenvalue weighted by molar-refractivity contribution is -0.136. The summed E-state index contributed by atoms with van der Waals surface area (Å²) in [5, 5.41) is 11.5. The Balaban J connectivity index is 2.67. The molecular formula is C4H5N3O3. The number of aromatic nitrogens is 2.